The van der Waals surface area contributed by atoms with Gasteiger partial charge in [0.25, 0.3) is 0 Å². The number of rotatable bonds is 3. The molecule has 88 valence electrons. The maximum absolute atomic E-state index is 11.3. The molecule has 0 bridgehead atoms. The maximum Gasteiger partial charge on any atom is 0.330 e. The summed E-state index contributed by atoms with van der Waals surface area (Å²) in [5.41, 5.74) is 0.200. The van der Waals surface area contributed by atoms with Crippen LogP contribution in [0.3, 0.4) is 0 Å². The predicted octanol–water partition coefficient (Wildman–Crippen LogP) is -0.636. The zero-order valence-corrected chi connectivity index (χ0v) is 9.19. The standard InChI is InChI=1S/C10H14N2O4/c1-6(10(15)16)3-4-12-5-8(13)11-9(14)7(12)2/h3,7H,4-5H2,1-2H3,(H,15,16)(H,11,13,14). The summed E-state index contributed by atoms with van der Waals surface area (Å²) in [6, 6.07) is -0.421. The molecule has 1 unspecified atom stereocenters. The highest BCUT2D eigenvalue weighted by atomic mass is 16.4. The average Bonchev–Trinajstić information content (AvgIpc) is 2.20. The molecule has 0 spiro atoms. The van der Waals surface area contributed by atoms with Crippen LogP contribution in [0.5, 0.6) is 0 Å². The molecule has 6 heteroatoms. The smallest absolute Gasteiger partial charge is 0.330 e. The van der Waals surface area contributed by atoms with Crippen LogP contribution < -0.4 is 5.32 Å². The van der Waals surface area contributed by atoms with Crippen LogP contribution in [0.25, 0.3) is 0 Å². The van der Waals surface area contributed by atoms with E-state index in [1.54, 1.807) is 11.8 Å². The third kappa shape index (κ3) is 2.90. The van der Waals surface area contributed by atoms with Gasteiger partial charge in [-0.25, -0.2) is 4.79 Å². The largest absolute Gasteiger partial charge is 0.478 e. The Morgan fingerprint density at radius 3 is 2.81 bits per heavy atom. The first-order valence-corrected chi connectivity index (χ1v) is 4.89. The first kappa shape index (κ1) is 12.4. The van der Waals surface area contributed by atoms with Gasteiger partial charge in [0.1, 0.15) is 0 Å². The Bertz CT molecular complexity index is 362. The molecule has 2 amide bonds. The first-order valence-electron chi connectivity index (χ1n) is 4.89. The van der Waals surface area contributed by atoms with Crippen LogP contribution in [0.2, 0.25) is 0 Å². The van der Waals surface area contributed by atoms with Gasteiger partial charge in [0.15, 0.2) is 0 Å². The highest BCUT2D eigenvalue weighted by molar-refractivity contribution is 6.00. The molecule has 0 aromatic rings. The van der Waals surface area contributed by atoms with Crippen LogP contribution in [-0.4, -0.2) is 46.9 Å². The minimum atomic E-state index is -1.000. The fourth-order valence-electron chi connectivity index (χ4n) is 1.33. The van der Waals surface area contributed by atoms with Gasteiger partial charge in [0, 0.05) is 12.1 Å². The van der Waals surface area contributed by atoms with Crippen LogP contribution in [0, 0.1) is 0 Å². The highest BCUT2D eigenvalue weighted by Crippen LogP contribution is 2.05. The second kappa shape index (κ2) is 4.89. The molecule has 2 N–H and O–H groups in total. The SMILES string of the molecule is CC(=CCN1CC(=O)NC(=O)C1C)C(=O)O. The summed E-state index contributed by atoms with van der Waals surface area (Å²) in [5, 5.41) is 10.9. The Labute approximate surface area is 92.9 Å². The number of carbonyl (C=O) groups is 3. The Morgan fingerprint density at radius 2 is 2.25 bits per heavy atom. The van der Waals surface area contributed by atoms with Crippen molar-refractivity contribution in [2.75, 3.05) is 13.1 Å². The molecule has 6 nitrogen and oxygen atoms in total. The van der Waals surface area contributed by atoms with E-state index in [-0.39, 0.29) is 30.5 Å². The van der Waals surface area contributed by atoms with Crippen LogP contribution in [-0.2, 0) is 14.4 Å². The Hall–Kier alpha value is -1.69. The number of amides is 2. The predicted molar refractivity (Wildman–Crippen MR) is 55.6 cm³/mol. The maximum atomic E-state index is 11.3. The molecule has 1 aliphatic rings. The van der Waals surface area contributed by atoms with Crippen LogP contribution >= 0.6 is 0 Å². The molecule has 1 atom stereocenters. The number of hydrogen-bond acceptors (Lipinski definition) is 4. The van der Waals surface area contributed by atoms with Gasteiger partial charge in [-0.15, -0.1) is 0 Å². The molecule has 0 aromatic carbocycles. The molecular weight excluding hydrogens is 212 g/mol. The molecule has 1 saturated heterocycles. The van der Waals surface area contributed by atoms with E-state index in [4.69, 9.17) is 5.11 Å². The van der Waals surface area contributed by atoms with E-state index < -0.39 is 12.0 Å². The Balaban J connectivity index is 2.66. The van der Waals surface area contributed by atoms with E-state index in [1.165, 1.54) is 13.0 Å². The number of nitrogens with zero attached hydrogens (tertiary/aromatic N) is 1. The van der Waals surface area contributed by atoms with Crippen molar-refractivity contribution in [3.8, 4) is 0 Å². The van der Waals surface area contributed by atoms with Gasteiger partial charge in [-0.2, -0.15) is 0 Å². The quantitative estimate of drug-likeness (QED) is 0.494. The van der Waals surface area contributed by atoms with Crippen molar-refractivity contribution in [3.63, 3.8) is 0 Å². The molecule has 1 fully saturated rings. The molecule has 0 radical (unpaired) electrons. The van der Waals surface area contributed by atoms with Gasteiger partial charge in [-0.3, -0.25) is 19.8 Å². The molecule has 1 aliphatic heterocycles. The minimum absolute atomic E-state index is 0.107. The topological polar surface area (TPSA) is 86.7 Å². The lowest BCUT2D eigenvalue weighted by Crippen LogP contribution is -2.56. The van der Waals surface area contributed by atoms with Crippen molar-refractivity contribution in [1.82, 2.24) is 10.2 Å². The zero-order chi connectivity index (χ0) is 12.3. The van der Waals surface area contributed by atoms with E-state index in [0.29, 0.717) is 0 Å². The Kier molecular flexibility index (Phi) is 3.78. The van der Waals surface area contributed by atoms with Crippen molar-refractivity contribution in [3.05, 3.63) is 11.6 Å². The Morgan fingerprint density at radius 1 is 1.62 bits per heavy atom. The fourth-order valence-corrected chi connectivity index (χ4v) is 1.33. The number of carboxylic acid groups (broad SMARTS) is 1. The summed E-state index contributed by atoms with van der Waals surface area (Å²) < 4.78 is 0. The normalized spacial score (nSPS) is 23.1. The van der Waals surface area contributed by atoms with Gasteiger partial charge in [0.2, 0.25) is 11.8 Å². The van der Waals surface area contributed by atoms with Gasteiger partial charge in [-0.1, -0.05) is 6.08 Å². The number of imide groups is 1. The van der Waals surface area contributed by atoms with Gasteiger partial charge in [-0.05, 0) is 13.8 Å². The third-order valence-corrected chi connectivity index (χ3v) is 2.51. The second-order valence-electron chi connectivity index (χ2n) is 3.71. The van der Waals surface area contributed by atoms with Crippen molar-refractivity contribution < 1.29 is 19.5 Å². The molecule has 1 heterocycles. The van der Waals surface area contributed by atoms with Gasteiger partial charge in [0.05, 0.1) is 12.6 Å². The van der Waals surface area contributed by atoms with E-state index in [9.17, 15) is 14.4 Å². The van der Waals surface area contributed by atoms with Crippen molar-refractivity contribution >= 4 is 17.8 Å². The highest BCUT2D eigenvalue weighted by Gasteiger charge is 2.29. The summed E-state index contributed by atoms with van der Waals surface area (Å²) >= 11 is 0. The third-order valence-electron chi connectivity index (χ3n) is 2.51. The monoisotopic (exact) mass is 226 g/mol. The lowest BCUT2D eigenvalue weighted by molar-refractivity contribution is -0.139. The molecule has 0 saturated carbocycles. The number of carboxylic acids is 1. The van der Waals surface area contributed by atoms with E-state index >= 15 is 0 Å². The molecule has 16 heavy (non-hydrogen) atoms. The summed E-state index contributed by atoms with van der Waals surface area (Å²) in [6.45, 7) is 3.53. The van der Waals surface area contributed by atoms with Crippen molar-refractivity contribution in [2.45, 2.75) is 19.9 Å². The lowest BCUT2D eigenvalue weighted by Gasteiger charge is -2.30. The number of piperazine rings is 1. The summed E-state index contributed by atoms with van der Waals surface area (Å²) in [7, 11) is 0. The van der Waals surface area contributed by atoms with Crippen LogP contribution in [0.4, 0.5) is 0 Å². The summed E-state index contributed by atoms with van der Waals surface area (Å²) in [6.07, 6.45) is 1.49. The first-order chi connectivity index (χ1) is 7.41. The molecule has 0 aromatic heterocycles. The van der Waals surface area contributed by atoms with E-state index in [2.05, 4.69) is 5.32 Å². The van der Waals surface area contributed by atoms with Crippen LogP contribution in [0.15, 0.2) is 11.6 Å². The van der Waals surface area contributed by atoms with E-state index in [1.807, 2.05) is 0 Å². The van der Waals surface area contributed by atoms with Crippen molar-refractivity contribution in [1.29, 1.82) is 0 Å². The minimum Gasteiger partial charge on any atom is -0.478 e. The number of nitrogens with one attached hydrogen (secondary N) is 1. The van der Waals surface area contributed by atoms with E-state index in [0.717, 1.165) is 0 Å². The van der Waals surface area contributed by atoms with Gasteiger partial charge >= 0.3 is 5.97 Å². The zero-order valence-electron chi connectivity index (χ0n) is 9.19. The number of aliphatic carboxylic acids is 1. The molecule has 0 aliphatic carbocycles. The van der Waals surface area contributed by atoms with Crippen molar-refractivity contribution in [2.24, 2.45) is 0 Å². The summed E-state index contributed by atoms with van der Waals surface area (Å²) in [4.78, 5) is 34.5. The van der Waals surface area contributed by atoms with Gasteiger partial charge < -0.3 is 5.11 Å². The second-order valence-corrected chi connectivity index (χ2v) is 3.71. The molecule has 1 rings (SSSR count). The molecular formula is C10H14N2O4. The summed E-state index contributed by atoms with van der Waals surface area (Å²) in [5.74, 6) is -1.71. The number of carbonyl (C=O) groups excluding carboxylic acids is 2. The average molecular weight is 226 g/mol. The number of hydrogen-bond donors (Lipinski definition) is 2. The van der Waals surface area contributed by atoms with Crippen LogP contribution in [0.1, 0.15) is 13.8 Å². The fraction of sp³-hybridized carbons (Fsp3) is 0.500. The lowest BCUT2D eigenvalue weighted by atomic mass is 10.2.